The quantitative estimate of drug-likeness (QED) is 0.769. The standard InChI is InChI=1S/C10H6ClF2NO2/c1-5(15)6-2-7(4-14)9(11)8(3-6)16-10(12)13/h2-3,10H,1H3. The van der Waals surface area contributed by atoms with E-state index in [1.54, 1.807) is 6.07 Å². The van der Waals surface area contributed by atoms with Crippen LogP contribution in [0.15, 0.2) is 12.1 Å². The zero-order chi connectivity index (χ0) is 12.3. The average Bonchev–Trinajstić information content (AvgIpc) is 2.20. The molecule has 0 amide bonds. The molecule has 6 heteroatoms. The largest absolute Gasteiger partial charge is 0.433 e. The Morgan fingerprint density at radius 3 is 2.62 bits per heavy atom. The Labute approximate surface area is 95.2 Å². The molecule has 0 spiro atoms. The lowest BCUT2D eigenvalue weighted by molar-refractivity contribution is -0.0498. The zero-order valence-corrected chi connectivity index (χ0v) is 8.89. The van der Waals surface area contributed by atoms with E-state index in [1.807, 2.05) is 0 Å². The Morgan fingerprint density at radius 2 is 2.19 bits per heavy atom. The third kappa shape index (κ3) is 2.67. The summed E-state index contributed by atoms with van der Waals surface area (Å²) in [7, 11) is 0. The van der Waals surface area contributed by atoms with Gasteiger partial charge in [0.15, 0.2) is 5.78 Å². The highest BCUT2D eigenvalue weighted by atomic mass is 35.5. The lowest BCUT2D eigenvalue weighted by atomic mass is 10.1. The maximum atomic E-state index is 12.0. The number of ether oxygens (including phenoxy) is 1. The van der Waals surface area contributed by atoms with Crippen molar-refractivity contribution >= 4 is 17.4 Å². The monoisotopic (exact) mass is 245 g/mol. The van der Waals surface area contributed by atoms with E-state index in [9.17, 15) is 13.6 Å². The van der Waals surface area contributed by atoms with Crippen molar-refractivity contribution in [2.75, 3.05) is 0 Å². The van der Waals surface area contributed by atoms with Crippen molar-refractivity contribution in [3.05, 3.63) is 28.3 Å². The number of rotatable bonds is 3. The van der Waals surface area contributed by atoms with Crippen molar-refractivity contribution in [1.29, 1.82) is 5.26 Å². The first-order chi connectivity index (χ1) is 7.45. The van der Waals surface area contributed by atoms with E-state index in [0.717, 1.165) is 6.07 Å². The SMILES string of the molecule is CC(=O)c1cc(C#N)c(Cl)c(OC(F)F)c1. The first-order valence-corrected chi connectivity index (χ1v) is 4.53. The Hall–Kier alpha value is -1.67. The number of alkyl halides is 2. The average molecular weight is 246 g/mol. The van der Waals surface area contributed by atoms with Gasteiger partial charge in [0, 0.05) is 5.56 Å². The first kappa shape index (κ1) is 12.4. The number of carbonyl (C=O) groups excluding carboxylic acids is 1. The molecule has 0 unspecified atom stereocenters. The number of benzene rings is 1. The molecule has 0 bridgehead atoms. The fraction of sp³-hybridized carbons (Fsp3) is 0.200. The minimum atomic E-state index is -3.06. The Morgan fingerprint density at radius 1 is 1.56 bits per heavy atom. The van der Waals surface area contributed by atoms with Crippen molar-refractivity contribution in [2.24, 2.45) is 0 Å². The highest BCUT2D eigenvalue weighted by Crippen LogP contribution is 2.31. The van der Waals surface area contributed by atoms with Gasteiger partial charge in [0.25, 0.3) is 0 Å². The third-order valence-corrected chi connectivity index (χ3v) is 2.17. The second kappa shape index (κ2) is 4.90. The van der Waals surface area contributed by atoms with Gasteiger partial charge in [-0.15, -0.1) is 0 Å². The van der Waals surface area contributed by atoms with E-state index in [2.05, 4.69) is 4.74 Å². The summed E-state index contributed by atoms with van der Waals surface area (Å²) < 4.78 is 28.2. The van der Waals surface area contributed by atoms with Gasteiger partial charge in [-0.3, -0.25) is 4.79 Å². The number of Topliss-reactive ketones (excluding diaryl/α,β-unsaturated/α-hetero) is 1. The van der Waals surface area contributed by atoms with Crippen LogP contribution in [0, 0.1) is 11.3 Å². The van der Waals surface area contributed by atoms with Crippen molar-refractivity contribution < 1.29 is 18.3 Å². The van der Waals surface area contributed by atoms with E-state index in [0.29, 0.717) is 0 Å². The second-order valence-corrected chi connectivity index (χ2v) is 3.26. The number of carbonyl (C=O) groups is 1. The van der Waals surface area contributed by atoms with Gasteiger partial charge in [-0.2, -0.15) is 14.0 Å². The van der Waals surface area contributed by atoms with Crippen molar-refractivity contribution in [3.63, 3.8) is 0 Å². The molecule has 84 valence electrons. The topological polar surface area (TPSA) is 50.1 Å². The Bertz CT molecular complexity index is 469. The molecule has 0 saturated carbocycles. The minimum Gasteiger partial charge on any atom is -0.433 e. The maximum Gasteiger partial charge on any atom is 0.387 e. The van der Waals surface area contributed by atoms with Gasteiger partial charge in [0.2, 0.25) is 0 Å². The first-order valence-electron chi connectivity index (χ1n) is 4.15. The van der Waals surface area contributed by atoms with Crippen LogP contribution in [0.4, 0.5) is 8.78 Å². The predicted octanol–water partition coefficient (Wildman–Crippen LogP) is 3.02. The molecule has 1 aromatic rings. The molecule has 16 heavy (non-hydrogen) atoms. The molecule has 0 aliphatic rings. The minimum absolute atomic E-state index is 0.0787. The van der Waals surface area contributed by atoms with Crippen LogP contribution in [0.2, 0.25) is 5.02 Å². The van der Waals surface area contributed by atoms with Crippen LogP contribution in [0.5, 0.6) is 5.75 Å². The van der Waals surface area contributed by atoms with Crippen molar-refractivity contribution in [3.8, 4) is 11.8 Å². The number of hydrogen-bond acceptors (Lipinski definition) is 3. The summed E-state index contributed by atoms with van der Waals surface area (Å²) in [5.74, 6) is -0.742. The molecule has 3 nitrogen and oxygen atoms in total. The maximum absolute atomic E-state index is 12.0. The lowest BCUT2D eigenvalue weighted by Gasteiger charge is -2.09. The molecule has 0 aliphatic carbocycles. The summed E-state index contributed by atoms with van der Waals surface area (Å²) in [6, 6.07) is 4.00. The van der Waals surface area contributed by atoms with E-state index in [4.69, 9.17) is 16.9 Å². The summed E-state index contributed by atoms with van der Waals surface area (Å²) in [5.41, 5.74) is 0.0154. The molecule has 1 rings (SSSR count). The van der Waals surface area contributed by atoms with Gasteiger partial charge in [-0.05, 0) is 19.1 Å². The molecular weight excluding hydrogens is 240 g/mol. The number of ketones is 1. The van der Waals surface area contributed by atoms with Gasteiger partial charge in [-0.25, -0.2) is 0 Å². The van der Waals surface area contributed by atoms with E-state index in [1.165, 1.54) is 13.0 Å². The number of halogens is 3. The summed E-state index contributed by atoms with van der Waals surface area (Å²) in [6.45, 7) is -1.82. The molecule has 0 N–H and O–H groups in total. The van der Waals surface area contributed by atoms with E-state index >= 15 is 0 Å². The van der Waals surface area contributed by atoms with Crippen LogP contribution in [0.3, 0.4) is 0 Å². The summed E-state index contributed by atoms with van der Waals surface area (Å²) in [6.07, 6.45) is 0. The third-order valence-electron chi connectivity index (χ3n) is 1.78. The van der Waals surface area contributed by atoms with Crippen molar-refractivity contribution in [1.82, 2.24) is 0 Å². The van der Waals surface area contributed by atoms with Crippen LogP contribution in [-0.2, 0) is 0 Å². The molecular formula is C10H6ClF2NO2. The number of nitrogens with zero attached hydrogens (tertiary/aromatic N) is 1. The molecule has 1 aromatic carbocycles. The van der Waals surface area contributed by atoms with Crippen LogP contribution < -0.4 is 4.74 Å². The molecule has 0 atom stereocenters. The van der Waals surface area contributed by atoms with Crippen LogP contribution in [-0.4, -0.2) is 12.4 Å². The highest BCUT2D eigenvalue weighted by Gasteiger charge is 2.15. The molecule has 0 radical (unpaired) electrons. The predicted molar refractivity (Wildman–Crippen MR) is 52.8 cm³/mol. The summed E-state index contributed by atoms with van der Waals surface area (Å²) >= 11 is 5.64. The van der Waals surface area contributed by atoms with Gasteiger partial charge < -0.3 is 4.74 Å². The molecule has 0 aromatic heterocycles. The highest BCUT2D eigenvalue weighted by molar-refractivity contribution is 6.33. The Kier molecular flexibility index (Phi) is 3.80. The van der Waals surface area contributed by atoms with Gasteiger partial charge in [0.05, 0.1) is 5.56 Å². The molecule has 0 aliphatic heterocycles. The number of nitriles is 1. The smallest absolute Gasteiger partial charge is 0.387 e. The van der Waals surface area contributed by atoms with Gasteiger partial charge in [0.1, 0.15) is 16.8 Å². The molecule has 0 heterocycles. The molecule has 0 saturated heterocycles. The Balaban J connectivity index is 3.31. The van der Waals surface area contributed by atoms with E-state index < -0.39 is 6.61 Å². The van der Waals surface area contributed by atoms with Crippen LogP contribution in [0.25, 0.3) is 0 Å². The van der Waals surface area contributed by atoms with Crippen molar-refractivity contribution in [2.45, 2.75) is 13.5 Å². The normalized spacial score (nSPS) is 10.0. The number of hydrogen-bond donors (Lipinski definition) is 0. The summed E-state index contributed by atoms with van der Waals surface area (Å²) in [4.78, 5) is 11.1. The molecule has 0 fully saturated rings. The van der Waals surface area contributed by atoms with Crippen LogP contribution in [0.1, 0.15) is 22.8 Å². The van der Waals surface area contributed by atoms with Gasteiger partial charge >= 0.3 is 6.61 Å². The van der Waals surface area contributed by atoms with Crippen LogP contribution >= 0.6 is 11.6 Å². The zero-order valence-electron chi connectivity index (χ0n) is 8.13. The van der Waals surface area contributed by atoms with Gasteiger partial charge in [-0.1, -0.05) is 11.6 Å². The fourth-order valence-electron chi connectivity index (χ4n) is 1.06. The second-order valence-electron chi connectivity index (χ2n) is 2.88. The summed E-state index contributed by atoms with van der Waals surface area (Å²) in [5, 5.41) is 8.47. The lowest BCUT2D eigenvalue weighted by Crippen LogP contribution is -2.04. The van der Waals surface area contributed by atoms with E-state index in [-0.39, 0.29) is 27.7 Å². The fourth-order valence-corrected chi connectivity index (χ4v) is 1.26.